The molecular weight excluding hydrogens is 186 g/mol. The molecule has 88 valence electrons. The van der Waals surface area contributed by atoms with Crippen LogP contribution < -0.4 is 0 Å². The van der Waals surface area contributed by atoms with Crippen molar-refractivity contribution in [1.82, 2.24) is 4.90 Å². The van der Waals surface area contributed by atoms with Crippen LogP contribution in [0.25, 0.3) is 0 Å². The summed E-state index contributed by atoms with van der Waals surface area (Å²) in [6.07, 6.45) is 7.98. The van der Waals surface area contributed by atoms with Gasteiger partial charge in [-0.05, 0) is 52.0 Å². The minimum Gasteiger partial charge on any atom is -0.396 e. The van der Waals surface area contributed by atoms with Crippen LogP contribution in [0.15, 0.2) is 0 Å². The molecule has 0 aromatic heterocycles. The molecule has 1 saturated carbocycles. The molecule has 15 heavy (non-hydrogen) atoms. The van der Waals surface area contributed by atoms with Crippen LogP contribution in [0, 0.1) is 5.92 Å². The molecule has 2 rings (SSSR count). The molecule has 1 saturated heterocycles. The number of piperidine rings is 1. The maximum Gasteiger partial charge on any atom is 0.0460 e. The van der Waals surface area contributed by atoms with Crippen LogP contribution in [-0.2, 0) is 0 Å². The van der Waals surface area contributed by atoms with Crippen molar-refractivity contribution in [2.45, 2.75) is 64.0 Å². The van der Waals surface area contributed by atoms with E-state index in [0.29, 0.717) is 18.1 Å². The van der Waals surface area contributed by atoms with Gasteiger partial charge < -0.3 is 5.11 Å². The summed E-state index contributed by atoms with van der Waals surface area (Å²) in [5, 5.41) is 9.26. The fourth-order valence-electron chi connectivity index (χ4n) is 3.60. The molecule has 0 amide bonds. The average molecular weight is 211 g/mol. The monoisotopic (exact) mass is 211 g/mol. The number of nitrogens with zero attached hydrogens (tertiary/aromatic N) is 1. The van der Waals surface area contributed by atoms with Crippen molar-refractivity contribution in [3.05, 3.63) is 0 Å². The first-order valence-corrected chi connectivity index (χ1v) is 6.51. The molecule has 1 unspecified atom stereocenters. The van der Waals surface area contributed by atoms with Gasteiger partial charge in [-0.3, -0.25) is 4.90 Å². The smallest absolute Gasteiger partial charge is 0.0460 e. The molecule has 1 aliphatic carbocycles. The molecule has 1 aliphatic heterocycles. The number of aliphatic hydroxyl groups is 1. The topological polar surface area (TPSA) is 23.5 Å². The summed E-state index contributed by atoms with van der Waals surface area (Å²) in [4.78, 5) is 2.71. The number of likely N-dealkylation sites (tertiary alicyclic amines) is 1. The molecule has 2 fully saturated rings. The fraction of sp³-hybridized carbons (Fsp3) is 1.00. The lowest BCUT2D eigenvalue weighted by Gasteiger charge is -2.48. The summed E-state index contributed by atoms with van der Waals surface area (Å²) >= 11 is 0. The third-order valence-corrected chi connectivity index (χ3v) is 4.37. The lowest BCUT2D eigenvalue weighted by atomic mass is 9.82. The lowest BCUT2D eigenvalue weighted by Crippen LogP contribution is -2.54. The highest BCUT2D eigenvalue weighted by Crippen LogP contribution is 2.37. The van der Waals surface area contributed by atoms with Gasteiger partial charge in [0.25, 0.3) is 0 Å². The van der Waals surface area contributed by atoms with E-state index < -0.39 is 0 Å². The summed E-state index contributed by atoms with van der Waals surface area (Å²) in [6, 6.07) is 0.833. The van der Waals surface area contributed by atoms with E-state index in [1.54, 1.807) is 0 Å². The van der Waals surface area contributed by atoms with E-state index in [1.807, 2.05) is 0 Å². The summed E-state index contributed by atoms with van der Waals surface area (Å²) in [6.45, 7) is 6.28. The highest BCUT2D eigenvalue weighted by molar-refractivity contribution is 4.94. The van der Waals surface area contributed by atoms with Crippen molar-refractivity contribution >= 4 is 0 Å². The molecule has 2 aliphatic rings. The predicted octanol–water partition coefficient (Wildman–Crippen LogP) is 2.41. The standard InChI is InChI=1S/C13H25NO/c1-13(2)9-11(10-15)7-8-14(13)12-5-3-4-6-12/h11-12,15H,3-10H2,1-2H3. The predicted molar refractivity (Wildman–Crippen MR) is 62.9 cm³/mol. The van der Waals surface area contributed by atoms with Gasteiger partial charge in [-0.15, -0.1) is 0 Å². The summed E-state index contributed by atoms with van der Waals surface area (Å²) in [5.41, 5.74) is 0.306. The normalized spacial score (nSPS) is 33.4. The lowest BCUT2D eigenvalue weighted by molar-refractivity contribution is -0.00240. The van der Waals surface area contributed by atoms with Crippen molar-refractivity contribution in [3.63, 3.8) is 0 Å². The van der Waals surface area contributed by atoms with Crippen molar-refractivity contribution in [1.29, 1.82) is 0 Å². The maximum atomic E-state index is 9.26. The van der Waals surface area contributed by atoms with Gasteiger partial charge >= 0.3 is 0 Å². The molecule has 1 heterocycles. The second-order valence-corrected chi connectivity index (χ2v) is 5.99. The third kappa shape index (κ3) is 2.36. The Morgan fingerprint density at radius 2 is 1.87 bits per heavy atom. The summed E-state index contributed by atoms with van der Waals surface area (Å²) in [7, 11) is 0. The van der Waals surface area contributed by atoms with Crippen molar-refractivity contribution in [2.75, 3.05) is 13.2 Å². The molecule has 0 spiro atoms. The molecule has 1 N–H and O–H groups in total. The number of rotatable bonds is 2. The third-order valence-electron chi connectivity index (χ3n) is 4.37. The van der Waals surface area contributed by atoms with Crippen LogP contribution >= 0.6 is 0 Å². The molecule has 2 heteroatoms. The van der Waals surface area contributed by atoms with E-state index in [2.05, 4.69) is 18.7 Å². The second-order valence-electron chi connectivity index (χ2n) is 5.99. The summed E-state index contributed by atoms with van der Waals surface area (Å²) in [5.74, 6) is 0.539. The Morgan fingerprint density at radius 3 is 2.40 bits per heavy atom. The van der Waals surface area contributed by atoms with E-state index in [9.17, 15) is 5.11 Å². The quantitative estimate of drug-likeness (QED) is 0.758. The van der Waals surface area contributed by atoms with Crippen LogP contribution in [0.1, 0.15) is 52.4 Å². The minimum absolute atomic E-state index is 0.306. The largest absolute Gasteiger partial charge is 0.396 e. The van der Waals surface area contributed by atoms with Gasteiger partial charge in [-0.2, -0.15) is 0 Å². The van der Waals surface area contributed by atoms with E-state index in [0.717, 1.165) is 6.04 Å². The van der Waals surface area contributed by atoms with Crippen LogP contribution in [0.4, 0.5) is 0 Å². The number of hydrogen-bond donors (Lipinski definition) is 1. The van der Waals surface area contributed by atoms with Crippen LogP contribution in [0.2, 0.25) is 0 Å². The Bertz CT molecular complexity index is 209. The highest BCUT2D eigenvalue weighted by Gasteiger charge is 2.38. The van der Waals surface area contributed by atoms with Crippen LogP contribution in [0.3, 0.4) is 0 Å². The molecule has 0 aromatic rings. The zero-order valence-electron chi connectivity index (χ0n) is 10.2. The average Bonchev–Trinajstić information content (AvgIpc) is 2.69. The Kier molecular flexibility index (Phi) is 3.36. The molecule has 2 nitrogen and oxygen atoms in total. The highest BCUT2D eigenvalue weighted by atomic mass is 16.3. The second kappa shape index (κ2) is 4.42. The van der Waals surface area contributed by atoms with E-state index in [1.165, 1.54) is 45.1 Å². The molecule has 0 radical (unpaired) electrons. The zero-order chi connectivity index (χ0) is 10.9. The van der Waals surface area contributed by atoms with Crippen molar-refractivity contribution in [2.24, 2.45) is 5.92 Å². The molecule has 0 bridgehead atoms. The van der Waals surface area contributed by atoms with Gasteiger partial charge in [-0.25, -0.2) is 0 Å². The SMILES string of the molecule is CC1(C)CC(CO)CCN1C1CCCC1. The van der Waals surface area contributed by atoms with E-state index >= 15 is 0 Å². The number of hydrogen-bond acceptors (Lipinski definition) is 2. The van der Waals surface area contributed by atoms with Gasteiger partial charge in [0.1, 0.15) is 0 Å². The van der Waals surface area contributed by atoms with Gasteiger partial charge in [0.2, 0.25) is 0 Å². The first kappa shape index (κ1) is 11.4. The molecule has 1 atom stereocenters. The number of aliphatic hydroxyl groups excluding tert-OH is 1. The Hall–Kier alpha value is -0.0800. The van der Waals surface area contributed by atoms with Crippen LogP contribution in [-0.4, -0.2) is 34.7 Å². The van der Waals surface area contributed by atoms with Gasteiger partial charge in [0.15, 0.2) is 0 Å². The maximum absolute atomic E-state index is 9.26. The molecular formula is C13H25NO. The van der Waals surface area contributed by atoms with Crippen molar-refractivity contribution in [3.8, 4) is 0 Å². The van der Waals surface area contributed by atoms with Gasteiger partial charge in [-0.1, -0.05) is 12.8 Å². The van der Waals surface area contributed by atoms with Gasteiger partial charge in [0, 0.05) is 18.2 Å². The Labute approximate surface area is 93.7 Å². The first-order valence-electron chi connectivity index (χ1n) is 6.51. The zero-order valence-corrected chi connectivity index (χ0v) is 10.2. The van der Waals surface area contributed by atoms with Crippen molar-refractivity contribution < 1.29 is 5.11 Å². The minimum atomic E-state index is 0.306. The Morgan fingerprint density at radius 1 is 1.20 bits per heavy atom. The van der Waals surface area contributed by atoms with E-state index in [-0.39, 0.29) is 0 Å². The fourth-order valence-corrected chi connectivity index (χ4v) is 3.60. The molecule has 0 aromatic carbocycles. The summed E-state index contributed by atoms with van der Waals surface area (Å²) < 4.78 is 0. The van der Waals surface area contributed by atoms with E-state index in [4.69, 9.17) is 0 Å². The van der Waals surface area contributed by atoms with Gasteiger partial charge in [0.05, 0.1) is 0 Å². The Balaban J connectivity index is 2.00. The van der Waals surface area contributed by atoms with Crippen LogP contribution in [0.5, 0.6) is 0 Å². The first-order chi connectivity index (χ1) is 7.13.